The van der Waals surface area contributed by atoms with Gasteiger partial charge in [0.05, 0.1) is 13.0 Å². The minimum Gasteiger partial charge on any atom is -0.496 e. The minimum atomic E-state index is -0.650. The highest BCUT2D eigenvalue weighted by Gasteiger charge is 2.27. The smallest absolute Gasteiger partial charge is 0.306 e. The molecule has 0 heterocycles. The molecule has 1 aromatic rings. The Kier molecular flexibility index (Phi) is 3.67. The summed E-state index contributed by atoms with van der Waals surface area (Å²) >= 11 is 0. The van der Waals surface area contributed by atoms with E-state index in [1.807, 2.05) is 18.2 Å². The number of carboxylic acids is 1. The van der Waals surface area contributed by atoms with Gasteiger partial charge in [-0.3, -0.25) is 4.79 Å². The normalized spacial score (nSPS) is 24.3. The molecule has 92 valence electrons. The predicted molar refractivity (Wildman–Crippen MR) is 65.3 cm³/mol. The molecule has 2 rings (SSSR count). The Morgan fingerprint density at radius 2 is 1.88 bits per heavy atom. The average molecular weight is 234 g/mol. The van der Waals surface area contributed by atoms with E-state index in [9.17, 15) is 4.79 Å². The zero-order chi connectivity index (χ0) is 12.3. The fraction of sp³-hybridized carbons (Fsp3) is 0.500. The van der Waals surface area contributed by atoms with E-state index in [-0.39, 0.29) is 5.92 Å². The fourth-order valence-corrected chi connectivity index (χ4v) is 2.66. The van der Waals surface area contributed by atoms with Crippen molar-refractivity contribution < 1.29 is 14.6 Å². The maximum absolute atomic E-state index is 10.9. The topological polar surface area (TPSA) is 46.5 Å². The van der Waals surface area contributed by atoms with Crippen molar-refractivity contribution in [3.8, 4) is 5.75 Å². The van der Waals surface area contributed by atoms with Gasteiger partial charge < -0.3 is 9.84 Å². The number of hydrogen-bond donors (Lipinski definition) is 1. The molecular formula is C14H18O3. The fourth-order valence-electron chi connectivity index (χ4n) is 2.66. The van der Waals surface area contributed by atoms with Crippen LogP contribution in [-0.2, 0) is 4.79 Å². The van der Waals surface area contributed by atoms with Gasteiger partial charge in [0.1, 0.15) is 5.75 Å². The van der Waals surface area contributed by atoms with Crippen LogP contribution in [0.2, 0.25) is 0 Å². The lowest BCUT2D eigenvalue weighted by Gasteiger charge is -2.27. The van der Waals surface area contributed by atoms with E-state index < -0.39 is 5.97 Å². The quantitative estimate of drug-likeness (QED) is 0.874. The highest BCUT2D eigenvalue weighted by Crippen LogP contribution is 2.39. The van der Waals surface area contributed by atoms with Crippen molar-refractivity contribution >= 4 is 5.97 Å². The van der Waals surface area contributed by atoms with Gasteiger partial charge in [0.15, 0.2) is 0 Å². The van der Waals surface area contributed by atoms with Crippen LogP contribution in [0.1, 0.15) is 37.2 Å². The van der Waals surface area contributed by atoms with Gasteiger partial charge in [0, 0.05) is 0 Å². The van der Waals surface area contributed by atoms with Crippen LogP contribution in [0.3, 0.4) is 0 Å². The molecule has 3 nitrogen and oxygen atoms in total. The third-order valence-electron chi connectivity index (χ3n) is 3.66. The number of para-hydroxylation sites is 1. The van der Waals surface area contributed by atoms with E-state index in [0.29, 0.717) is 5.92 Å². The number of benzene rings is 1. The van der Waals surface area contributed by atoms with Crippen LogP contribution >= 0.6 is 0 Å². The van der Waals surface area contributed by atoms with Gasteiger partial charge in [-0.15, -0.1) is 0 Å². The minimum absolute atomic E-state index is 0.152. The van der Waals surface area contributed by atoms with Crippen molar-refractivity contribution in [1.82, 2.24) is 0 Å². The largest absolute Gasteiger partial charge is 0.496 e. The Morgan fingerprint density at radius 1 is 1.24 bits per heavy atom. The van der Waals surface area contributed by atoms with Gasteiger partial charge >= 0.3 is 5.97 Å². The van der Waals surface area contributed by atoms with Crippen LogP contribution in [-0.4, -0.2) is 18.2 Å². The number of carboxylic acid groups (broad SMARTS) is 1. The zero-order valence-corrected chi connectivity index (χ0v) is 10.1. The van der Waals surface area contributed by atoms with Crippen LogP contribution in [0.5, 0.6) is 5.75 Å². The Hall–Kier alpha value is -1.51. The van der Waals surface area contributed by atoms with Gasteiger partial charge in [-0.1, -0.05) is 18.2 Å². The van der Waals surface area contributed by atoms with Crippen molar-refractivity contribution in [3.63, 3.8) is 0 Å². The summed E-state index contributed by atoms with van der Waals surface area (Å²) < 4.78 is 5.36. The molecule has 0 atom stereocenters. The molecular weight excluding hydrogens is 216 g/mol. The lowest BCUT2D eigenvalue weighted by Crippen LogP contribution is -2.20. The number of rotatable bonds is 3. The molecule has 1 N–H and O–H groups in total. The van der Waals surface area contributed by atoms with Crippen molar-refractivity contribution in [1.29, 1.82) is 0 Å². The number of hydrogen-bond acceptors (Lipinski definition) is 2. The van der Waals surface area contributed by atoms with E-state index in [1.165, 1.54) is 5.56 Å². The Bertz CT molecular complexity index is 392. The molecule has 1 aliphatic rings. The number of aliphatic carboxylic acids is 1. The first-order valence-corrected chi connectivity index (χ1v) is 6.08. The second-order valence-electron chi connectivity index (χ2n) is 4.63. The second-order valence-corrected chi connectivity index (χ2v) is 4.63. The van der Waals surface area contributed by atoms with Gasteiger partial charge in [-0.25, -0.2) is 0 Å². The molecule has 3 heteroatoms. The Labute approximate surface area is 101 Å². The summed E-state index contributed by atoms with van der Waals surface area (Å²) in [4.78, 5) is 10.9. The predicted octanol–water partition coefficient (Wildman–Crippen LogP) is 3.05. The van der Waals surface area contributed by atoms with Crippen LogP contribution in [0.4, 0.5) is 0 Å². The summed E-state index contributed by atoms with van der Waals surface area (Å²) in [6.07, 6.45) is 3.44. The monoisotopic (exact) mass is 234 g/mol. The third kappa shape index (κ3) is 2.60. The summed E-state index contributed by atoms with van der Waals surface area (Å²) in [6.45, 7) is 0. The maximum atomic E-state index is 10.9. The summed E-state index contributed by atoms with van der Waals surface area (Å²) in [5.74, 6) is 0.567. The first-order valence-electron chi connectivity index (χ1n) is 6.08. The van der Waals surface area contributed by atoms with Gasteiger partial charge in [0.2, 0.25) is 0 Å². The van der Waals surface area contributed by atoms with E-state index in [0.717, 1.165) is 31.4 Å². The highest BCUT2D eigenvalue weighted by atomic mass is 16.5. The van der Waals surface area contributed by atoms with Crippen LogP contribution in [0.25, 0.3) is 0 Å². The van der Waals surface area contributed by atoms with Gasteiger partial charge in [-0.05, 0) is 43.2 Å². The molecule has 0 amide bonds. The van der Waals surface area contributed by atoms with Crippen LogP contribution < -0.4 is 4.74 Å². The molecule has 1 aliphatic carbocycles. The highest BCUT2D eigenvalue weighted by molar-refractivity contribution is 5.70. The van der Waals surface area contributed by atoms with E-state index in [1.54, 1.807) is 7.11 Å². The van der Waals surface area contributed by atoms with Crippen LogP contribution in [0, 0.1) is 5.92 Å². The van der Waals surface area contributed by atoms with Crippen molar-refractivity contribution in [2.45, 2.75) is 31.6 Å². The van der Waals surface area contributed by atoms with Crippen molar-refractivity contribution in [3.05, 3.63) is 29.8 Å². The lowest BCUT2D eigenvalue weighted by atomic mass is 9.78. The molecule has 0 radical (unpaired) electrons. The maximum Gasteiger partial charge on any atom is 0.306 e. The zero-order valence-electron chi connectivity index (χ0n) is 10.1. The first-order chi connectivity index (χ1) is 8.22. The Balaban J connectivity index is 2.07. The van der Waals surface area contributed by atoms with Crippen LogP contribution in [0.15, 0.2) is 24.3 Å². The van der Waals surface area contributed by atoms with E-state index in [4.69, 9.17) is 9.84 Å². The number of carbonyl (C=O) groups is 1. The second kappa shape index (κ2) is 5.21. The molecule has 1 aromatic carbocycles. The number of ether oxygens (including phenoxy) is 1. The molecule has 0 aromatic heterocycles. The molecule has 1 saturated carbocycles. The molecule has 0 spiro atoms. The molecule has 0 bridgehead atoms. The molecule has 1 fully saturated rings. The SMILES string of the molecule is COc1ccccc1C1CCC(C(=O)O)CC1. The summed E-state index contributed by atoms with van der Waals surface area (Å²) in [5.41, 5.74) is 1.22. The van der Waals surface area contributed by atoms with Crippen molar-refractivity contribution in [2.75, 3.05) is 7.11 Å². The summed E-state index contributed by atoms with van der Waals surface area (Å²) in [7, 11) is 1.68. The van der Waals surface area contributed by atoms with E-state index in [2.05, 4.69) is 6.07 Å². The molecule has 0 aliphatic heterocycles. The van der Waals surface area contributed by atoms with E-state index >= 15 is 0 Å². The summed E-state index contributed by atoms with van der Waals surface area (Å²) in [6, 6.07) is 8.04. The molecule has 0 saturated heterocycles. The van der Waals surface area contributed by atoms with Gasteiger partial charge in [-0.2, -0.15) is 0 Å². The van der Waals surface area contributed by atoms with Gasteiger partial charge in [0.25, 0.3) is 0 Å². The molecule has 17 heavy (non-hydrogen) atoms. The summed E-state index contributed by atoms with van der Waals surface area (Å²) in [5, 5.41) is 8.97. The first kappa shape index (κ1) is 12.0. The Morgan fingerprint density at radius 3 is 2.47 bits per heavy atom. The van der Waals surface area contributed by atoms with Crippen molar-refractivity contribution in [2.24, 2.45) is 5.92 Å². The third-order valence-corrected chi connectivity index (χ3v) is 3.66. The lowest BCUT2D eigenvalue weighted by molar-refractivity contribution is -0.142. The molecule has 0 unspecified atom stereocenters. The average Bonchev–Trinajstić information content (AvgIpc) is 2.39. The standard InChI is InChI=1S/C14H18O3/c1-17-13-5-3-2-4-12(13)10-6-8-11(9-7-10)14(15)16/h2-5,10-11H,6-9H2,1H3,(H,15,16). The number of methoxy groups -OCH3 is 1.